The quantitative estimate of drug-likeness (QED) is 0.629. The van der Waals surface area contributed by atoms with Gasteiger partial charge in [-0.15, -0.1) is 10.2 Å². The fraction of sp³-hybridized carbons (Fsp3) is 0.591. The Morgan fingerprint density at radius 1 is 1.14 bits per heavy atom. The maximum absolute atomic E-state index is 12.5. The Labute approximate surface area is 177 Å². The highest BCUT2D eigenvalue weighted by atomic mass is 32.2. The molecule has 1 aliphatic heterocycles. The number of carbonyl (C=O) groups excluding carboxylic acids is 1. The fourth-order valence-electron chi connectivity index (χ4n) is 4.25. The lowest BCUT2D eigenvalue weighted by atomic mass is 9.95. The molecule has 0 radical (unpaired) electrons. The van der Waals surface area contributed by atoms with Crippen molar-refractivity contribution in [2.45, 2.75) is 69.7 Å². The van der Waals surface area contributed by atoms with Crippen LogP contribution in [0.4, 0.5) is 0 Å². The average molecular weight is 415 g/mol. The predicted octanol–water partition coefficient (Wildman–Crippen LogP) is 4.39. The number of aryl methyl sites for hydroxylation is 1. The number of hydrogen-bond donors (Lipinski definition) is 0. The van der Waals surface area contributed by atoms with E-state index < -0.39 is 0 Å². The minimum absolute atomic E-state index is 0.211. The van der Waals surface area contributed by atoms with E-state index in [1.807, 2.05) is 23.1 Å². The van der Waals surface area contributed by atoms with Gasteiger partial charge in [-0.1, -0.05) is 43.2 Å². The van der Waals surface area contributed by atoms with Crippen LogP contribution in [0.2, 0.25) is 0 Å². The van der Waals surface area contributed by atoms with Gasteiger partial charge < -0.3 is 9.64 Å². The third-order valence-electron chi connectivity index (χ3n) is 5.82. The number of carbonyl (C=O) groups is 1. The summed E-state index contributed by atoms with van der Waals surface area (Å²) in [7, 11) is 0. The van der Waals surface area contributed by atoms with Gasteiger partial charge in [0.25, 0.3) is 0 Å². The minimum Gasteiger partial charge on any atom is -0.486 e. The molecular formula is C22H30N4O2S. The van der Waals surface area contributed by atoms with Crippen molar-refractivity contribution in [3.05, 3.63) is 35.7 Å². The van der Waals surface area contributed by atoms with Crippen LogP contribution < -0.4 is 4.74 Å². The van der Waals surface area contributed by atoms with E-state index in [9.17, 15) is 4.79 Å². The van der Waals surface area contributed by atoms with Crippen molar-refractivity contribution in [2.24, 2.45) is 0 Å². The van der Waals surface area contributed by atoms with E-state index in [-0.39, 0.29) is 5.91 Å². The minimum atomic E-state index is 0.211. The molecule has 1 amide bonds. The molecule has 1 aliphatic carbocycles. The zero-order chi connectivity index (χ0) is 20.1. The number of ether oxygens (including phenoxy) is 1. The van der Waals surface area contributed by atoms with Gasteiger partial charge in [-0.3, -0.25) is 9.36 Å². The monoisotopic (exact) mass is 414 g/mol. The first-order valence-corrected chi connectivity index (χ1v) is 11.7. The SMILES string of the molecule is Cc1cccc(OCc2nnc(SCC(=O)N3CCCC3)n2C2CCCCC2)c1. The lowest BCUT2D eigenvalue weighted by molar-refractivity contribution is -0.127. The summed E-state index contributed by atoms with van der Waals surface area (Å²) >= 11 is 1.52. The third-order valence-corrected chi connectivity index (χ3v) is 6.74. The highest BCUT2D eigenvalue weighted by Crippen LogP contribution is 2.33. The van der Waals surface area contributed by atoms with Crippen LogP contribution >= 0.6 is 11.8 Å². The Bertz CT molecular complexity index is 826. The third kappa shape index (κ3) is 5.13. The number of benzene rings is 1. The molecule has 1 aromatic heterocycles. The second-order valence-corrected chi connectivity index (χ2v) is 8.98. The van der Waals surface area contributed by atoms with Gasteiger partial charge >= 0.3 is 0 Å². The Morgan fingerprint density at radius 2 is 1.93 bits per heavy atom. The molecule has 156 valence electrons. The van der Waals surface area contributed by atoms with Gasteiger partial charge in [-0.05, 0) is 50.3 Å². The van der Waals surface area contributed by atoms with Crippen LogP contribution in [-0.2, 0) is 11.4 Å². The smallest absolute Gasteiger partial charge is 0.233 e. The number of likely N-dealkylation sites (tertiary alicyclic amines) is 1. The normalized spacial score (nSPS) is 17.6. The van der Waals surface area contributed by atoms with Crippen LogP contribution in [0, 0.1) is 6.92 Å². The molecule has 2 aliphatic rings. The number of rotatable bonds is 7. The number of amides is 1. The van der Waals surface area contributed by atoms with Crippen molar-refractivity contribution in [3.8, 4) is 5.75 Å². The first-order chi connectivity index (χ1) is 14.2. The fourth-order valence-corrected chi connectivity index (χ4v) is 5.17. The predicted molar refractivity (Wildman–Crippen MR) is 114 cm³/mol. The summed E-state index contributed by atoms with van der Waals surface area (Å²) in [5.41, 5.74) is 1.17. The largest absolute Gasteiger partial charge is 0.486 e. The number of thioether (sulfide) groups is 1. The van der Waals surface area contributed by atoms with E-state index in [1.54, 1.807) is 0 Å². The average Bonchev–Trinajstić information content (AvgIpc) is 3.41. The van der Waals surface area contributed by atoms with E-state index in [1.165, 1.54) is 36.6 Å². The Kier molecular flexibility index (Phi) is 6.74. The Hall–Kier alpha value is -2.02. The lowest BCUT2D eigenvalue weighted by Crippen LogP contribution is -2.29. The van der Waals surface area contributed by atoms with Crippen molar-refractivity contribution >= 4 is 17.7 Å². The van der Waals surface area contributed by atoms with Gasteiger partial charge in [0.05, 0.1) is 5.75 Å². The summed E-state index contributed by atoms with van der Waals surface area (Å²) in [4.78, 5) is 14.4. The van der Waals surface area contributed by atoms with E-state index in [2.05, 4.69) is 27.8 Å². The molecule has 7 heteroatoms. The van der Waals surface area contributed by atoms with Crippen molar-refractivity contribution < 1.29 is 9.53 Å². The first kappa shape index (κ1) is 20.3. The maximum atomic E-state index is 12.5. The summed E-state index contributed by atoms with van der Waals surface area (Å²) in [6, 6.07) is 8.47. The van der Waals surface area contributed by atoms with Crippen LogP contribution in [0.15, 0.2) is 29.4 Å². The molecular weight excluding hydrogens is 384 g/mol. The van der Waals surface area contributed by atoms with Crippen LogP contribution in [0.3, 0.4) is 0 Å². The van der Waals surface area contributed by atoms with E-state index in [0.29, 0.717) is 18.4 Å². The molecule has 2 heterocycles. The Balaban J connectivity index is 1.47. The van der Waals surface area contributed by atoms with Gasteiger partial charge in [0, 0.05) is 19.1 Å². The molecule has 0 spiro atoms. The van der Waals surface area contributed by atoms with E-state index in [0.717, 1.165) is 55.5 Å². The molecule has 2 aromatic rings. The summed E-state index contributed by atoms with van der Waals surface area (Å²) < 4.78 is 8.26. The second kappa shape index (κ2) is 9.65. The molecule has 1 saturated heterocycles. The zero-order valence-corrected chi connectivity index (χ0v) is 18.0. The highest BCUT2D eigenvalue weighted by Gasteiger charge is 2.25. The molecule has 4 rings (SSSR count). The van der Waals surface area contributed by atoms with Crippen LogP contribution in [0.5, 0.6) is 5.75 Å². The van der Waals surface area contributed by atoms with Gasteiger partial charge in [-0.25, -0.2) is 0 Å². The molecule has 1 saturated carbocycles. The van der Waals surface area contributed by atoms with Crippen LogP contribution in [0.25, 0.3) is 0 Å². The van der Waals surface area contributed by atoms with E-state index >= 15 is 0 Å². The number of aromatic nitrogens is 3. The van der Waals surface area contributed by atoms with Crippen LogP contribution in [-0.4, -0.2) is 44.4 Å². The molecule has 2 fully saturated rings. The second-order valence-electron chi connectivity index (χ2n) is 8.04. The molecule has 0 unspecified atom stereocenters. The zero-order valence-electron chi connectivity index (χ0n) is 17.2. The topological polar surface area (TPSA) is 60.3 Å². The summed E-state index contributed by atoms with van der Waals surface area (Å²) in [5, 5.41) is 9.75. The molecule has 0 N–H and O–H groups in total. The molecule has 29 heavy (non-hydrogen) atoms. The highest BCUT2D eigenvalue weighted by molar-refractivity contribution is 7.99. The molecule has 0 atom stereocenters. The van der Waals surface area contributed by atoms with Crippen molar-refractivity contribution in [2.75, 3.05) is 18.8 Å². The van der Waals surface area contributed by atoms with Crippen molar-refractivity contribution in [3.63, 3.8) is 0 Å². The van der Waals surface area contributed by atoms with Crippen molar-refractivity contribution in [1.82, 2.24) is 19.7 Å². The first-order valence-electron chi connectivity index (χ1n) is 10.7. The summed E-state index contributed by atoms with van der Waals surface area (Å²) in [6.45, 7) is 4.24. The van der Waals surface area contributed by atoms with E-state index in [4.69, 9.17) is 4.74 Å². The molecule has 6 nitrogen and oxygen atoms in total. The van der Waals surface area contributed by atoms with Gasteiger partial charge in [0.2, 0.25) is 5.91 Å². The van der Waals surface area contributed by atoms with Gasteiger partial charge in [0.15, 0.2) is 11.0 Å². The standard InChI is InChI=1S/C22H30N4O2S/c1-17-8-7-11-19(14-17)28-15-20-23-24-22(26(20)18-9-3-2-4-10-18)29-16-21(27)25-12-5-6-13-25/h7-8,11,14,18H,2-6,9-10,12-13,15-16H2,1H3. The van der Waals surface area contributed by atoms with Gasteiger partial charge in [0.1, 0.15) is 12.4 Å². The van der Waals surface area contributed by atoms with Crippen molar-refractivity contribution in [1.29, 1.82) is 0 Å². The number of nitrogens with zero attached hydrogens (tertiary/aromatic N) is 4. The van der Waals surface area contributed by atoms with Gasteiger partial charge in [-0.2, -0.15) is 0 Å². The van der Waals surface area contributed by atoms with Crippen LogP contribution in [0.1, 0.15) is 62.4 Å². The summed E-state index contributed by atoms with van der Waals surface area (Å²) in [5.74, 6) is 2.35. The Morgan fingerprint density at radius 3 is 2.69 bits per heavy atom. The molecule has 1 aromatic carbocycles. The lowest BCUT2D eigenvalue weighted by Gasteiger charge is -2.25. The molecule has 0 bridgehead atoms. The maximum Gasteiger partial charge on any atom is 0.233 e. The number of hydrogen-bond acceptors (Lipinski definition) is 5. The summed E-state index contributed by atoms with van der Waals surface area (Å²) in [6.07, 6.45) is 8.29.